The molecule has 0 saturated carbocycles. The molecule has 3 N–H and O–H groups in total. The molecule has 0 aliphatic rings. The van der Waals surface area contributed by atoms with Gasteiger partial charge in [0.1, 0.15) is 0 Å². The lowest BCUT2D eigenvalue weighted by molar-refractivity contribution is -0.311. The summed E-state index contributed by atoms with van der Waals surface area (Å²) in [5, 5.41) is 33.9. The SMILES string of the molecule is CN.CNC(=O)CN(CCN(CC(=O)[O-])CC(=O)[O-])CC(=O)[O-]. The Labute approximate surface area is 133 Å². The Morgan fingerprint density at radius 2 is 1.09 bits per heavy atom. The number of hydrogen-bond acceptors (Lipinski definition) is 10. The largest absolute Gasteiger partial charge is 0.549 e. The molecule has 0 heterocycles. The zero-order valence-corrected chi connectivity index (χ0v) is 13.1. The molecule has 0 aliphatic heterocycles. The maximum Gasteiger partial charge on any atom is 0.233 e. The van der Waals surface area contributed by atoms with Gasteiger partial charge in [-0.05, 0) is 7.05 Å². The van der Waals surface area contributed by atoms with E-state index >= 15 is 0 Å². The number of carbonyl (C=O) groups is 4. The summed E-state index contributed by atoms with van der Waals surface area (Å²) in [4.78, 5) is 45.0. The zero-order valence-electron chi connectivity index (χ0n) is 13.1. The maximum atomic E-state index is 11.2. The highest BCUT2D eigenvalue weighted by Crippen LogP contribution is 1.93. The topological polar surface area (TPSA) is 182 Å². The highest BCUT2D eigenvalue weighted by molar-refractivity contribution is 5.78. The minimum absolute atomic E-state index is 0.0397. The summed E-state index contributed by atoms with van der Waals surface area (Å²) in [6.07, 6.45) is 0. The summed E-state index contributed by atoms with van der Waals surface area (Å²) in [7, 11) is 2.87. The van der Waals surface area contributed by atoms with Gasteiger partial charge >= 0.3 is 0 Å². The van der Waals surface area contributed by atoms with Crippen LogP contribution in [0.25, 0.3) is 0 Å². The molecule has 0 aromatic rings. The van der Waals surface area contributed by atoms with E-state index in [9.17, 15) is 34.5 Å². The van der Waals surface area contributed by atoms with E-state index in [0.29, 0.717) is 0 Å². The van der Waals surface area contributed by atoms with E-state index < -0.39 is 43.4 Å². The molecule has 0 fully saturated rings. The van der Waals surface area contributed by atoms with Crippen molar-refractivity contribution in [1.82, 2.24) is 15.1 Å². The first-order chi connectivity index (χ1) is 10.7. The van der Waals surface area contributed by atoms with Crippen LogP contribution in [0.5, 0.6) is 0 Å². The van der Waals surface area contributed by atoms with E-state index in [4.69, 9.17) is 0 Å². The number of nitrogens with zero attached hydrogens (tertiary/aromatic N) is 2. The minimum atomic E-state index is -1.48. The quantitative estimate of drug-likeness (QED) is 0.368. The lowest BCUT2D eigenvalue weighted by atomic mass is 10.3. The summed E-state index contributed by atoms with van der Waals surface area (Å²) in [5.41, 5.74) is 4.50. The van der Waals surface area contributed by atoms with Crippen molar-refractivity contribution in [2.45, 2.75) is 0 Å². The molecule has 0 unspecified atom stereocenters. The Hall–Kier alpha value is -2.24. The van der Waals surface area contributed by atoms with Crippen molar-refractivity contribution in [3.63, 3.8) is 0 Å². The maximum absolute atomic E-state index is 11.2. The van der Waals surface area contributed by atoms with Gasteiger partial charge in [-0.3, -0.25) is 14.6 Å². The predicted molar refractivity (Wildman–Crippen MR) is 72.1 cm³/mol. The summed E-state index contributed by atoms with van der Waals surface area (Å²) in [6.45, 7) is -2.21. The van der Waals surface area contributed by atoms with E-state index in [2.05, 4.69) is 11.1 Å². The van der Waals surface area contributed by atoms with Crippen LogP contribution < -0.4 is 26.4 Å². The molecule has 11 nitrogen and oxygen atoms in total. The van der Waals surface area contributed by atoms with Gasteiger partial charge in [0.25, 0.3) is 0 Å². The van der Waals surface area contributed by atoms with Crippen LogP contribution in [0.2, 0.25) is 0 Å². The van der Waals surface area contributed by atoms with Gasteiger partial charge in [-0.15, -0.1) is 0 Å². The first-order valence-corrected chi connectivity index (χ1v) is 6.57. The molecular weight excluding hydrogens is 312 g/mol. The third kappa shape index (κ3) is 14.5. The zero-order chi connectivity index (χ0) is 18.4. The summed E-state index contributed by atoms with van der Waals surface area (Å²) in [6, 6.07) is 0. The lowest BCUT2D eigenvalue weighted by Gasteiger charge is -2.27. The van der Waals surface area contributed by atoms with Gasteiger partial charge < -0.3 is 40.8 Å². The highest BCUT2D eigenvalue weighted by Gasteiger charge is 2.13. The number of rotatable bonds is 11. The Kier molecular flexibility index (Phi) is 13.4. The van der Waals surface area contributed by atoms with E-state index in [-0.39, 0.29) is 19.6 Å². The number of carboxylic acid groups (broad SMARTS) is 3. The number of carbonyl (C=O) groups excluding carboxylic acids is 4. The first kappa shape index (κ1) is 23.0. The van der Waals surface area contributed by atoms with E-state index in [1.807, 2.05) is 0 Å². The third-order valence-corrected chi connectivity index (χ3v) is 2.44. The molecule has 0 rings (SSSR count). The highest BCUT2D eigenvalue weighted by atomic mass is 16.4. The van der Waals surface area contributed by atoms with Crippen molar-refractivity contribution in [2.24, 2.45) is 5.73 Å². The normalized spacial score (nSPS) is 9.96. The summed E-state index contributed by atoms with van der Waals surface area (Å²) < 4.78 is 0. The fourth-order valence-corrected chi connectivity index (χ4v) is 1.54. The standard InChI is InChI=1S/C11H19N3O7.CH5N/c1-12-8(15)4-13(5-9(16)17)2-3-14(6-10(18)19)7-11(20)21;1-2/h2-7H2,1H3,(H,12,15)(H,16,17)(H,18,19)(H,20,21);2H2,1H3/p-3. The second kappa shape index (κ2) is 13.4. The second-order valence-electron chi connectivity index (χ2n) is 4.21. The fourth-order valence-electron chi connectivity index (χ4n) is 1.54. The number of nitrogens with one attached hydrogen (secondary N) is 1. The molecule has 23 heavy (non-hydrogen) atoms. The van der Waals surface area contributed by atoms with Gasteiger partial charge in [-0.1, -0.05) is 0 Å². The molecule has 0 radical (unpaired) electrons. The smallest absolute Gasteiger partial charge is 0.233 e. The van der Waals surface area contributed by atoms with E-state index in [1.54, 1.807) is 0 Å². The average Bonchev–Trinajstić information content (AvgIpc) is 2.44. The van der Waals surface area contributed by atoms with Crippen LogP contribution in [0.4, 0.5) is 0 Å². The second-order valence-corrected chi connectivity index (χ2v) is 4.21. The monoisotopic (exact) mass is 333 g/mol. The predicted octanol–water partition coefficient (Wildman–Crippen LogP) is -6.84. The van der Waals surface area contributed by atoms with Crippen molar-refractivity contribution in [3.8, 4) is 0 Å². The van der Waals surface area contributed by atoms with Crippen molar-refractivity contribution in [3.05, 3.63) is 0 Å². The Balaban J connectivity index is 0. The van der Waals surface area contributed by atoms with E-state index in [0.717, 1.165) is 4.90 Å². The molecule has 11 heteroatoms. The number of hydrogen-bond donors (Lipinski definition) is 2. The molecule has 0 atom stereocenters. The summed E-state index contributed by atoms with van der Waals surface area (Å²) in [5.74, 6) is -4.81. The van der Waals surface area contributed by atoms with Crippen molar-refractivity contribution >= 4 is 23.8 Å². The Bertz CT molecular complexity index is 387. The van der Waals surface area contributed by atoms with Crippen LogP contribution in [-0.2, 0) is 19.2 Å². The van der Waals surface area contributed by atoms with Gasteiger partial charge in [0, 0.05) is 39.8 Å². The van der Waals surface area contributed by atoms with Crippen LogP contribution in [0.1, 0.15) is 0 Å². The van der Waals surface area contributed by atoms with Gasteiger partial charge in [-0.25, -0.2) is 0 Å². The number of nitrogens with two attached hydrogens (primary N) is 1. The molecule has 0 bridgehead atoms. The number of carboxylic acids is 3. The average molecular weight is 333 g/mol. The third-order valence-electron chi connectivity index (χ3n) is 2.44. The molecule has 0 aromatic carbocycles. The van der Waals surface area contributed by atoms with Gasteiger partial charge in [0.2, 0.25) is 5.91 Å². The van der Waals surface area contributed by atoms with Crippen LogP contribution in [0, 0.1) is 0 Å². The molecule has 0 spiro atoms. The number of amides is 1. The Morgan fingerprint density at radius 3 is 1.35 bits per heavy atom. The molecule has 0 saturated heterocycles. The lowest BCUT2D eigenvalue weighted by Crippen LogP contribution is -2.49. The number of likely N-dealkylation sites (N-methyl/N-ethyl adjacent to an activating group) is 1. The number of aliphatic carboxylic acids is 3. The summed E-state index contributed by atoms with van der Waals surface area (Å²) >= 11 is 0. The van der Waals surface area contributed by atoms with Gasteiger partial charge in [0.15, 0.2) is 0 Å². The van der Waals surface area contributed by atoms with Crippen LogP contribution in [0.3, 0.4) is 0 Å². The first-order valence-electron chi connectivity index (χ1n) is 6.57. The minimum Gasteiger partial charge on any atom is -0.549 e. The van der Waals surface area contributed by atoms with Crippen LogP contribution in [0.15, 0.2) is 0 Å². The van der Waals surface area contributed by atoms with Crippen LogP contribution >= 0.6 is 0 Å². The van der Waals surface area contributed by atoms with Crippen LogP contribution in [-0.4, -0.2) is 87.0 Å². The molecule has 1 amide bonds. The van der Waals surface area contributed by atoms with Gasteiger partial charge in [0.05, 0.1) is 24.5 Å². The molecular formula is C12H21N4O7-3. The van der Waals surface area contributed by atoms with Gasteiger partial charge in [-0.2, -0.15) is 0 Å². The van der Waals surface area contributed by atoms with Crippen molar-refractivity contribution < 1.29 is 34.5 Å². The molecule has 0 aromatic heterocycles. The Morgan fingerprint density at radius 1 is 0.783 bits per heavy atom. The van der Waals surface area contributed by atoms with E-state index in [1.165, 1.54) is 19.0 Å². The fraction of sp³-hybridized carbons (Fsp3) is 0.667. The van der Waals surface area contributed by atoms with Crippen molar-refractivity contribution in [1.29, 1.82) is 0 Å². The molecule has 0 aliphatic carbocycles. The molecule has 134 valence electrons. The van der Waals surface area contributed by atoms with Crippen molar-refractivity contribution in [2.75, 3.05) is 53.4 Å².